The number of rotatable bonds is 2. The van der Waals surface area contributed by atoms with Crippen molar-refractivity contribution in [2.75, 3.05) is 32.5 Å². The van der Waals surface area contributed by atoms with Crippen molar-refractivity contribution >= 4 is 5.82 Å². The van der Waals surface area contributed by atoms with E-state index in [-0.39, 0.29) is 6.10 Å². The van der Waals surface area contributed by atoms with Gasteiger partial charge in [0.05, 0.1) is 12.8 Å². The Morgan fingerprint density at radius 3 is 3.17 bits per heavy atom. The zero-order valence-corrected chi connectivity index (χ0v) is 9.96. The number of nitrogen functional groups attached to an aromatic ring is 1. The summed E-state index contributed by atoms with van der Waals surface area (Å²) in [5.41, 5.74) is 6.31. The van der Waals surface area contributed by atoms with Gasteiger partial charge < -0.3 is 19.9 Å². The Balaban J connectivity index is 1.83. The largest absolute Gasteiger partial charge is 0.383 e. The Morgan fingerprint density at radius 2 is 2.44 bits per heavy atom. The van der Waals surface area contributed by atoms with E-state index in [0.717, 1.165) is 13.1 Å². The summed E-state index contributed by atoms with van der Waals surface area (Å²) in [6.07, 6.45) is 1.40. The molecule has 1 unspecified atom stereocenters. The Labute approximate surface area is 103 Å². The number of hydrogen-bond donors (Lipinski definition) is 2. The van der Waals surface area contributed by atoms with Crippen molar-refractivity contribution in [1.29, 1.82) is 0 Å². The lowest BCUT2D eigenvalue weighted by molar-refractivity contribution is -0.0264. The monoisotopic (exact) mass is 250 g/mol. The highest BCUT2D eigenvalue weighted by atomic mass is 16.5. The minimum Gasteiger partial charge on any atom is -0.383 e. The fourth-order valence-corrected chi connectivity index (χ4v) is 1.88. The van der Waals surface area contributed by atoms with Gasteiger partial charge in [-0.2, -0.15) is 10.1 Å². The van der Waals surface area contributed by atoms with Gasteiger partial charge in [0, 0.05) is 13.1 Å². The van der Waals surface area contributed by atoms with Crippen molar-refractivity contribution in [3.8, 4) is 11.5 Å². The van der Waals surface area contributed by atoms with Crippen LogP contribution in [-0.4, -0.2) is 52.0 Å². The first kappa shape index (κ1) is 11.2. The van der Waals surface area contributed by atoms with Gasteiger partial charge in [-0.3, -0.25) is 5.10 Å². The van der Waals surface area contributed by atoms with E-state index in [1.165, 1.54) is 0 Å². The van der Waals surface area contributed by atoms with Crippen LogP contribution in [0.25, 0.3) is 11.5 Å². The van der Waals surface area contributed by atoms with Gasteiger partial charge in [0.25, 0.3) is 5.89 Å². The van der Waals surface area contributed by atoms with Crippen molar-refractivity contribution in [3.63, 3.8) is 0 Å². The lowest BCUT2D eigenvalue weighted by Crippen LogP contribution is -2.35. The maximum absolute atomic E-state index is 5.70. The summed E-state index contributed by atoms with van der Waals surface area (Å²) in [6.45, 7) is 2.33. The first-order valence-corrected chi connectivity index (χ1v) is 5.67. The molecule has 18 heavy (non-hydrogen) atoms. The molecule has 96 valence electrons. The third-order valence-corrected chi connectivity index (χ3v) is 2.90. The van der Waals surface area contributed by atoms with Crippen molar-refractivity contribution in [2.45, 2.75) is 6.10 Å². The molecule has 2 aromatic heterocycles. The molecule has 1 aliphatic rings. The Kier molecular flexibility index (Phi) is 2.73. The molecule has 3 rings (SSSR count). The van der Waals surface area contributed by atoms with Crippen LogP contribution in [-0.2, 0) is 4.74 Å². The normalized spacial score (nSPS) is 21.3. The second-order valence-electron chi connectivity index (χ2n) is 4.28. The maximum Gasteiger partial charge on any atom is 0.263 e. The van der Waals surface area contributed by atoms with E-state index in [1.807, 2.05) is 7.05 Å². The summed E-state index contributed by atoms with van der Waals surface area (Å²) in [6, 6.07) is 0. The lowest BCUT2D eigenvalue weighted by atomic mass is 10.2. The van der Waals surface area contributed by atoms with Crippen LogP contribution in [0.5, 0.6) is 0 Å². The van der Waals surface area contributed by atoms with Crippen molar-refractivity contribution in [1.82, 2.24) is 25.2 Å². The molecule has 3 N–H and O–H groups in total. The van der Waals surface area contributed by atoms with Crippen LogP contribution in [0.15, 0.2) is 10.7 Å². The van der Waals surface area contributed by atoms with Crippen molar-refractivity contribution in [2.24, 2.45) is 0 Å². The molecule has 8 heteroatoms. The summed E-state index contributed by atoms with van der Waals surface area (Å²) in [5.74, 6) is 1.30. The molecular weight excluding hydrogens is 236 g/mol. The van der Waals surface area contributed by atoms with Gasteiger partial charge >= 0.3 is 0 Å². The molecule has 3 heterocycles. The SMILES string of the molecule is CN1CCOC(c2noc(-c3cn[nH]c3N)n2)C1. The topological polar surface area (TPSA) is 106 Å². The molecule has 0 spiro atoms. The molecule has 8 nitrogen and oxygen atoms in total. The molecule has 1 fully saturated rings. The third kappa shape index (κ3) is 1.95. The smallest absolute Gasteiger partial charge is 0.263 e. The van der Waals surface area contributed by atoms with E-state index < -0.39 is 0 Å². The maximum atomic E-state index is 5.70. The van der Waals surface area contributed by atoms with Crippen LogP contribution < -0.4 is 5.73 Å². The number of aromatic nitrogens is 4. The number of nitrogens with two attached hydrogens (primary N) is 1. The average Bonchev–Trinajstić information content (AvgIpc) is 2.97. The first-order valence-electron chi connectivity index (χ1n) is 5.67. The fraction of sp³-hybridized carbons (Fsp3) is 0.500. The summed E-state index contributed by atoms with van der Waals surface area (Å²) >= 11 is 0. The first-order chi connectivity index (χ1) is 8.74. The predicted octanol–water partition coefficient (Wildman–Crippen LogP) is 0.0450. The van der Waals surface area contributed by atoms with E-state index in [2.05, 4.69) is 25.2 Å². The second kappa shape index (κ2) is 4.39. The van der Waals surface area contributed by atoms with Gasteiger partial charge in [0.2, 0.25) is 5.82 Å². The zero-order chi connectivity index (χ0) is 12.5. The van der Waals surface area contributed by atoms with Crippen LogP contribution in [0.1, 0.15) is 11.9 Å². The molecule has 0 amide bonds. The highest BCUT2D eigenvalue weighted by molar-refractivity contribution is 5.65. The molecule has 0 aromatic carbocycles. The number of H-pyrrole nitrogens is 1. The van der Waals surface area contributed by atoms with Gasteiger partial charge in [0.1, 0.15) is 17.5 Å². The van der Waals surface area contributed by atoms with Crippen LogP contribution in [0.4, 0.5) is 5.82 Å². The van der Waals surface area contributed by atoms with Crippen LogP contribution >= 0.6 is 0 Å². The van der Waals surface area contributed by atoms with Gasteiger partial charge in [-0.1, -0.05) is 5.16 Å². The minimum atomic E-state index is -0.158. The van der Waals surface area contributed by atoms with E-state index >= 15 is 0 Å². The van der Waals surface area contributed by atoms with E-state index in [4.69, 9.17) is 15.0 Å². The number of morpholine rings is 1. The van der Waals surface area contributed by atoms with Crippen molar-refractivity contribution < 1.29 is 9.26 Å². The van der Waals surface area contributed by atoms with E-state index in [1.54, 1.807) is 6.20 Å². The van der Waals surface area contributed by atoms with Crippen LogP contribution in [0, 0.1) is 0 Å². The molecule has 0 aliphatic carbocycles. The van der Waals surface area contributed by atoms with Crippen molar-refractivity contribution in [3.05, 3.63) is 12.0 Å². The number of nitrogens with one attached hydrogen (secondary N) is 1. The standard InChI is InChI=1S/C10H14N6O2/c1-16-2-3-17-7(5-16)9-13-10(18-15-9)6-4-12-14-8(6)11/h4,7H,2-3,5H2,1H3,(H3,11,12,14). The number of hydrogen-bond acceptors (Lipinski definition) is 7. The van der Waals surface area contributed by atoms with Gasteiger partial charge in [-0.25, -0.2) is 0 Å². The molecule has 0 saturated carbocycles. The summed E-state index contributed by atoms with van der Waals surface area (Å²) in [4.78, 5) is 6.47. The highest BCUT2D eigenvalue weighted by Gasteiger charge is 2.25. The molecule has 1 saturated heterocycles. The zero-order valence-electron chi connectivity index (χ0n) is 9.96. The second-order valence-corrected chi connectivity index (χ2v) is 4.28. The number of aromatic amines is 1. The molecule has 1 aliphatic heterocycles. The summed E-state index contributed by atoms with van der Waals surface area (Å²) in [5, 5.41) is 10.4. The molecule has 2 aromatic rings. The molecule has 1 atom stereocenters. The quantitative estimate of drug-likeness (QED) is 0.775. The minimum absolute atomic E-state index is 0.158. The number of likely N-dealkylation sites (N-methyl/N-ethyl adjacent to an activating group) is 1. The van der Waals surface area contributed by atoms with Gasteiger partial charge in [-0.15, -0.1) is 0 Å². The van der Waals surface area contributed by atoms with Crippen LogP contribution in [0.2, 0.25) is 0 Å². The summed E-state index contributed by atoms with van der Waals surface area (Å²) < 4.78 is 10.8. The third-order valence-electron chi connectivity index (χ3n) is 2.90. The predicted molar refractivity (Wildman–Crippen MR) is 62.5 cm³/mol. The molecule has 0 radical (unpaired) electrons. The van der Waals surface area contributed by atoms with Gasteiger partial charge in [-0.05, 0) is 7.05 Å². The van der Waals surface area contributed by atoms with E-state index in [0.29, 0.717) is 29.7 Å². The average molecular weight is 250 g/mol. The highest BCUT2D eigenvalue weighted by Crippen LogP contribution is 2.25. The summed E-state index contributed by atoms with van der Waals surface area (Å²) in [7, 11) is 2.03. The number of nitrogens with zero attached hydrogens (tertiary/aromatic N) is 4. The number of anilines is 1. The Bertz CT molecular complexity index is 536. The Morgan fingerprint density at radius 1 is 1.56 bits per heavy atom. The van der Waals surface area contributed by atoms with Crippen LogP contribution in [0.3, 0.4) is 0 Å². The molecule has 0 bridgehead atoms. The number of ether oxygens (including phenoxy) is 1. The lowest BCUT2D eigenvalue weighted by Gasteiger charge is -2.27. The van der Waals surface area contributed by atoms with E-state index in [9.17, 15) is 0 Å². The van der Waals surface area contributed by atoms with Gasteiger partial charge in [0.15, 0.2) is 0 Å². The molecular formula is C10H14N6O2. The Hall–Kier alpha value is -1.93. The fourth-order valence-electron chi connectivity index (χ4n) is 1.88.